The van der Waals surface area contributed by atoms with Crippen LogP contribution in [-0.4, -0.2) is 38.5 Å². The molecule has 17 heteroatoms. The first kappa shape index (κ1) is 32.9. The molecule has 3 aromatic rings. The smallest absolute Gasteiger partial charge is 0.406 e. The van der Waals surface area contributed by atoms with Crippen LogP contribution in [0.2, 0.25) is 0 Å². The Morgan fingerprint density at radius 2 is 1.61 bits per heavy atom. The molecule has 2 aromatic carbocycles. The van der Waals surface area contributed by atoms with Gasteiger partial charge in [0.05, 0.1) is 24.2 Å². The third kappa shape index (κ3) is 7.18. The fraction of sp³-hybridized carbons (Fsp3) is 0.481. The van der Waals surface area contributed by atoms with Gasteiger partial charge in [-0.05, 0) is 60.0 Å². The summed E-state index contributed by atoms with van der Waals surface area (Å²) >= 11 is 0. The van der Waals surface area contributed by atoms with Crippen LogP contribution < -0.4 is 14.5 Å². The molecule has 0 saturated carbocycles. The van der Waals surface area contributed by atoms with Crippen molar-refractivity contribution >= 4 is 17.5 Å². The molecule has 1 aliphatic rings. The monoisotopic (exact) mass is 638 g/mol. The minimum Gasteiger partial charge on any atom is -0.406 e. The van der Waals surface area contributed by atoms with Crippen LogP contribution in [-0.2, 0) is 30.7 Å². The fourth-order valence-electron chi connectivity index (χ4n) is 5.14. The summed E-state index contributed by atoms with van der Waals surface area (Å²) in [5.41, 5.74) is -3.20. The van der Waals surface area contributed by atoms with Gasteiger partial charge in [0.2, 0.25) is 5.91 Å². The van der Waals surface area contributed by atoms with Gasteiger partial charge in [-0.15, -0.1) is 18.3 Å². The van der Waals surface area contributed by atoms with E-state index in [0.29, 0.717) is 18.6 Å². The van der Waals surface area contributed by atoms with Crippen LogP contribution in [0, 0.1) is 5.92 Å². The van der Waals surface area contributed by atoms with E-state index in [1.54, 1.807) is 20.8 Å². The number of benzene rings is 2. The van der Waals surface area contributed by atoms with E-state index in [4.69, 9.17) is 0 Å². The van der Waals surface area contributed by atoms with Crippen molar-refractivity contribution in [2.45, 2.75) is 71.0 Å². The maximum Gasteiger partial charge on any atom is 0.573 e. The highest BCUT2D eigenvalue weighted by molar-refractivity contribution is 5.96. The zero-order valence-electron chi connectivity index (χ0n) is 23.7. The maximum atomic E-state index is 13.6. The van der Waals surface area contributed by atoms with Crippen molar-refractivity contribution in [3.63, 3.8) is 0 Å². The number of rotatable bonds is 7. The van der Waals surface area contributed by atoms with Crippen LogP contribution in [0.25, 0.3) is 0 Å². The molecule has 4 rings (SSSR count). The van der Waals surface area contributed by atoms with E-state index >= 15 is 0 Å². The zero-order chi connectivity index (χ0) is 32.8. The second-order valence-electron chi connectivity index (χ2n) is 10.6. The molecule has 2 heterocycles. The van der Waals surface area contributed by atoms with Crippen molar-refractivity contribution < 1.29 is 49.0 Å². The number of halogens is 9. The molecule has 240 valence electrons. The van der Waals surface area contributed by atoms with Crippen LogP contribution in [0.5, 0.6) is 5.75 Å². The standard InChI is InChI=1S/C27H27F9N6O2/c1-5-18-11-22(20-12-19(44-27(34,35)36)6-7-21(20)42(18)23(43)14(2)3)41(24-37-39-40(4)38-24)13-15-8-16(25(28,29)30)10-17(9-15)26(31,32)33/h6-10,12,14,18,22H,5,11,13H2,1-4H3/t18-,22+/m1/s1. The number of aryl methyl sites for hydroxylation is 1. The lowest BCUT2D eigenvalue weighted by molar-refractivity contribution is -0.274. The largest absolute Gasteiger partial charge is 0.573 e. The predicted octanol–water partition coefficient (Wildman–Crippen LogP) is 7.07. The van der Waals surface area contributed by atoms with Gasteiger partial charge >= 0.3 is 18.7 Å². The number of aromatic nitrogens is 4. The molecule has 44 heavy (non-hydrogen) atoms. The molecule has 0 spiro atoms. The molecule has 0 N–H and O–H groups in total. The normalized spacial score (nSPS) is 17.5. The van der Waals surface area contributed by atoms with Crippen LogP contribution >= 0.6 is 0 Å². The summed E-state index contributed by atoms with van der Waals surface area (Å²) in [5.74, 6) is -1.70. The molecular weight excluding hydrogens is 611 g/mol. The number of amides is 1. The number of carbonyl (C=O) groups is 1. The lowest BCUT2D eigenvalue weighted by atomic mass is 9.87. The molecule has 8 nitrogen and oxygen atoms in total. The van der Waals surface area contributed by atoms with Gasteiger partial charge in [-0.25, -0.2) is 0 Å². The summed E-state index contributed by atoms with van der Waals surface area (Å²) < 4.78 is 126. The number of ether oxygens (including phenoxy) is 1. The van der Waals surface area contributed by atoms with Crippen molar-refractivity contribution in [3.05, 3.63) is 58.7 Å². The summed E-state index contributed by atoms with van der Waals surface area (Å²) in [6, 6.07) is 2.84. The fourth-order valence-corrected chi connectivity index (χ4v) is 5.14. The number of tetrazole rings is 1. The third-order valence-electron chi connectivity index (χ3n) is 7.05. The zero-order valence-corrected chi connectivity index (χ0v) is 23.7. The molecule has 0 fully saturated rings. The summed E-state index contributed by atoms with van der Waals surface area (Å²) in [6.45, 7) is 4.43. The number of hydrogen-bond donors (Lipinski definition) is 0. The molecule has 0 unspecified atom stereocenters. The number of anilines is 2. The molecule has 1 amide bonds. The van der Waals surface area contributed by atoms with Crippen molar-refractivity contribution in [1.82, 2.24) is 20.2 Å². The minimum atomic E-state index is -5.11. The van der Waals surface area contributed by atoms with Crippen LogP contribution in [0.15, 0.2) is 36.4 Å². The van der Waals surface area contributed by atoms with Gasteiger partial charge in [0.25, 0.3) is 5.95 Å². The molecule has 2 atom stereocenters. The number of hydrogen-bond acceptors (Lipinski definition) is 6. The highest BCUT2D eigenvalue weighted by Gasteiger charge is 2.42. The van der Waals surface area contributed by atoms with Gasteiger partial charge in [0, 0.05) is 29.8 Å². The van der Waals surface area contributed by atoms with Gasteiger partial charge in [-0.2, -0.15) is 31.1 Å². The number of carbonyl (C=O) groups excluding carboxylic acids is 1. The van der Waals surface area contributed by atoms with Crippen molar-refractivity contribution in [2.75, 3.05) is 9.80 Å². The van der Waals surface area contributed by atoms with E-state index in [1.807, 2.05) is 0 Å². The Bertz CT molecular complexity index is 1470. The predicted molar refractivity (Wildman–Crippen MR) is 138 cm³/mol. The lowest BCUT2D eigenvalue weighted by Crippen LogP contribution is -2.49. The number of fused-ring (bicyclic) bond motifs is 1. The molecule has 0 bridgehead atoms. The number of alkyl halides is 9. The van der Waals surface area contributed by atoms with Crippen molar-refractivity contribution in [3.8, 4) is 5.75 Å². The first-order valence-corrected chi connectivity index (χ1v) is 13.3. The van der Waals surface area contributed by atoms with Gasteiger partial charge in [-0.3, -0.25) is 4.79 Å². The lowest BCUT2D eigenvalue weighted by Gasteiger charge is -2.45. The first-order valence-electron chi connectivity index (χ1n) is 13.3. The molecule has 0 saturated heterocycles. The average molecular weight is 639 g/mol. The van der Waals surface area contributed by atoms with E-state index in [0.717, 1.165) is 16.9 Å². The van der Waals surface area contributed by atoms with E-state index < -0.39 is 65.7 Å². The van der Waals surface area contributed by atoms with Crippen molar-refractivity contribution in [1.29, 1.82) is 0 Å². The van der Waals surface area contributed by atoms with Crippen LogP contribution in [0.3, 0.4) is 0 Å². The molecule has 1 aromatic heterocycles. The van der Waals surface area contributed by atoms with Crippen LogP contribution in [0.1, 0.15) is 61.9 Å². The summed E-state index contributed by atoms with van der Waals surface area (Å²) in [5, 5.41) is 11.7. The van der Waals surface area contributed by atoms with Crippen LogP contribution in [0.4, 0.5) is 51.1 Å². The van der Waals surface area contributed by atoms with E-state index in [9.17, 15) is 44.3 Å². The first-order chi connectivity index (χ1) is 20.3. The Labute approximate surface area is 245 Å². The molecule has 1 aliphatic heterocycles. The summed E-state index contributed by atoms with van der Waals surface area (Å²) in [6.07, 6.45) is -14.9. The third-order valence-corrected chi connectivity index (χ3v) is 7.05. The topological polar surface area (TPSA) is 76.4 Å². The molecule has 0 radical (unpaired) electrons. The average Bonchev–Trinajstić information content (AvgIpc) is 3.34. The second-order valence-corrected chi connectivity index (χ2v) is 10.6. The SMILES string of the molecule is CC[C@@H]1C[C@H](N(Cc2cc(C(F)(F)F)cc(C(F)(F)F)c2)c2nnn(C)n2)c2cc(OC(F)(F)F)ccc2N1C(=O)C(C)C. The Kier molecular flexibility index (Phi) is 8.81. The second kappa shape index (κ2) is 11.8. The van der Waals surface area contributed by atoms with E-state index in [-0.39, 0.29) is 35.6 Å². The Morgan fingerprint density at radius 1 is 1.00 bits per heavy atom. The molecule has 0 aliphatic carbocycles. The van der Waals surface area contributed by atoms with Gasteiger partial charge in [0.1, 0.15) is 5.75 Å². The Hall–Kier alpha value is -4.05. The number of nitrogens with zero attached hydrogens (tertiary/aromatic N) is 6. The van der Waals surface area contributed by atoms with Crippen molar-refractivity contribution in [2.24, 2.45) is 13.0 Å². The van der Waals surface area contributed by atoms with Gasteiger partial charge in [0.15, 0.2) is 0 Å². The highest BCUT2D eigenvalue weighted by atomic mass is 19.4. The Balaban J connectivity index is 1.93. The minimum absolute atomic E-state index is 0.00636. The summed E-state index contributed by atoms with van der Waals surface area (Å²) in [7, 11) is 1.38. The van der Waals surface area contributed by atoms with E-state index in [2.05, 4.69) is 20.1 Å². The van der Waals surface area contributed by atoms with Gasteiger partial charge < -0.3 is 14.5 Å². The maximum absolute atomic E-state index is 13.6. The Morgan fingerprint density at radius 3 is 2.09 bits per heavy atom. The van der Waals surface area contributed by atoms with Gasteiger partial charge in [-0.1, -0.05) is 25.9 Å². The molecular formula is C27H27F9N6O2. The summed E-state index contributed by atoms with van der Waals surface area (Å²) in [4.78, 5) is 17.0. The quantitative estimate of drug-likeness (QED) is 0.258. The van der Waals surface area contributed by atoms with E-state index in [1.165, 1.54) is 22.9 Å². The highest BCUT2D eigenvalue weighted by Crippen LogP contribution is 2.46.